The van der Waals surface area contributed by atoms with Gasteiger partial charge in [0.05, 0.1) is 23.8 Å². The first kappa shape index (κ1) is 16.3. The van der Waals surface area contributed by atoms with Crippen molar-refractivity contribution in [3.63, 3.8) is 0 Å². The molecule has 0 heterocycles. The van der Waals surface area contributed by atoms with Crippen molar-refractivity contribution in [2.75, 3.05) is 20.3 Å². The molecule has 2 rings (SSSR count). The zero-order valence-electron chi connectivity index (χ0n) is 12.0. The maximum atomic E-state index is 12.1. The van der Waals surface area contributed by atoms with Gasteiger partial charge >= 0.3 is 0 Å². The molecule has 0 saturated carbocycles. The maximum Gasteiger partial charge on any atom is 0.278 e. The molecule has 1 amide bonds. The van der Waals surface area contributed by atoms with E-state index in [1.165, 1.54) is 7.11 Å². The second-order valence-corrected chi connectivity index (χ2v) is 4.90. The molecule has 0 unspecified atom stereocenters. The predicted octanol–water partition coefficient (Wildman–Crippen LogP) is 3.02. The van der Waals surface area contributed by atoms with E-state index in [-0.39, 0.29) is 22.9 Å². The van der Waals surface area contributed by atoms with Gasteiger partial charge in [0.15, 0.2) is 0 Å². The number of phenolic OH excluding ortho intramolecular Hbond substituents is 1. The van der Waals surface area contributed by atoms with Crippen LogP contribution in [-0.2, 0) is 9.57 Å². The van der Waals surface area contributed by atoms with E-state index in [1.54, 1.807) is 12.1 Å². The van der Waals surface area contributed by atoms with Gasteiger partial charge in [0.25, 0.3) is 5.91 Å². The Bertz CT molecular complexity index is 646. The highest BCUT2D eigenvalue weighted by molar-refractivity contribution is 6.33. The summed E-state index contributed by atoms with van der Waals surface area (Å²) < 4.78 is 4.80. The van der Waals surface area contributed by atoms with Crippen LogP contribution < -0.4 is 5.48 Å². The first-order chi connectivity index (χ1) is 10.6. The van der Waals surface area contributed by atoms with E-state index < -0.39 is 5.91 Å². The summed E-state index contributed by atoms with van der Waals surface area (Å²) in [7, 11) is 1.53. The molecule has 0 saturated heterocycles. The van der Waals surface area contributed by atoms with Crippen LogP contribution in [0.4, 0.5) is 0 Å². The molecule has 0 bridgehead atoms. The lowest BCUT2D eigenvalue weighted by atomic mass is 10.0. The summed E-state index contributed by atoms with van der Waals surface area (Å²) in [6.45, 7) is 0.548. The van der Waals surface area contributed by atoms with Crippen LogP contribution in [0.1, 0.15) is 10.4 Å². The number of hydrogen-bond acceptors (Lipinski definition) is 4. The van der Waals surface area contributed by atoms with E-state index in [0.29, 0.717) is 6.61 Å². The highest BCUT2D eigenvalue weighted by Gasteiger charge is 2.16. The van der Waals surface area contributed by atoms with Crippen molar-refractivity contribution in [2.45, 2.75) is 0 Å². The number of halogens is 1. The summed E-state index contributed by atoms with van der Waals surface area (Å²) >= 11 is 6.01. The van der Waals surface area contributed by atoms with Gasteiger partial charge in [0, 0.05) is 7.11 Å². The molecule has 0 aliphatic carbocycles. The Hall–Kier alpha value is -2.08. The Kier molecular flexibility index (Phi) is 5.77. The number of benzene rings is 2. The second-order valence-electron chi connectivity index (χ2n) is 4.49. The molecular formula is C16H16ClNO4. The zero-order valence-corrected chi connectivity index (χ0v) is 12.8. The van der Waals surface area contributed by atoms with Crippen LogP contribution in [0.3, 0.4) is 0 Å². The molecule has 0 aliphatic rings. The van der Waals surface area contributed by atoms with Gasteiger partial charge in [0.2, 0.25) is 0 Å². The molecule has 0 spiro atoms. The number of phenols is 1. The number of hydroxylamine groups is 1. The number of methoxy groups -OCH3 is 1. The summed E-state index contributed by atoms with van der Waals surface area (Å²) in [5.74, 6) is -0.859. The topological polar surface area (TPSA) is 67.8 Å². The van der Waals surface area contributed by atoms with E-state index in [0.717, 1.165) is 11.1 Å². The molecule has 116 valence electrons. The van der Waals surface area contributed by atoms with Gasteiger partial charge in [-0.1, -0.05) is 41.9 Å². The van der Waals surface area contributed by atoms with Crippen molar-refractivity contribution in [3.05, 3.63) is 53.1 Å². The minimum Gasteiger partial charge on any atom is -0.506 e. The molecule has 2 aromatic carbocycles. The second kappa shape index (κ2) is 7.79. The van der Waals surface area contributed by atoms with E-state index in [1.807, 2.05) is 30.3 Å². The highest BCUT2D eigenvalue weighted by atomic mass is 35.5. The number of amides is 1. The Labute approximate surface area is 133 Å². The third-order valence-corrected chi connectivity index (χ3v) is 3.26. The van der Waals surface area contributed by atoms with E-state index in [9.17, 15) is 9.90 Å². The van der Waals surface area contributed by atoms with Crippen molar-refractivity contribution in [1.82, 2.24) is 5.48 Å². The van der Waals surface area contributed by atoms with Crippen LogP contribution in [0.5, 0.6) is 5.75 Å². The predicted molar refractivity (Wildman–Crippen MR) is 83.8 cm³/mol. The van der Waals surface area contributed by atoms with Gasteiger partial charge in [0.1, 0.15) is 5.75 Å². The number of rotatable bonds is 6. The van der Waals surface area contributed by atoms with Crippen LogP contribution in [0.2, 0.25) is 5.02 Å². The smallest absolute Gasteiger partial charge is 0.278 e. The lowest BCUT2D eigenvalue weighted by Gasteiger charge is -2.10. The Morgan fingerprint density at radius 1 is 1.18 bits per heavy atom. The van der Waals surface area contributed by atoms with Gasteiger partial charge < -0.3 is 9.84 Å². The monoisotopic (exact) mass is 321 g/mol. The van der Waals surface area contributed by atoms with E-state index in [2.05, 4.69) is 5.48 Å². The normalized spacial score (nSPS) is 10.5. The maximum absolute atomic E-state index is 12.1. The largest absolute Gasteiger partial charge is 0.506 e. The SMILES string of the molecule is COCCONC(=O)c1cc(-c2ccccc2)cc(Cl)c1O. The van der Waals surface area contributed by atoms with Gasteiger partial charge in [-0.15, -0.1) is 0 Å². The lowest BCUT2D eigenvalue weighted by Crippen LogP contribution is -2.25. The van der Waals surface area contributed by atoms with Crippen molar-refractivity contribution < 1.29 is 19.5 Å². The van der Waals surface area contributed by atoms with Gasteiger partial charge in [-0.25, -0.2) is 5.48 Å². The van der Waals surface area contributed by atoms with Crippen LogP contribution >= 0.6 is 11.6 Å². The molecule has 2 N–H and O–H groups in total. The first-order valence-electron chi connectivity index (χ1n) is 6.62. The molecule has 0 aromatic heterocycles. The molecule has 0 aliphatic heterocycles. The molecule has 0 atom stereocenters. The lowest BCUT2D eigenvalue weighted by molar-refractivity contribution is 0.00875. The van der Waals surface area contributed by atoms with Crippen molar-refractivity contribution in [2.24, 2.45) is 0 Å². The third-order valence-electron chi connectivity index (χ3n) is 2.97. The minimum atomic E-state index is -0.576. The molecule has 0 fully saturated rings. The summed E-state index contributed by atoms with van der Waals surface area (Å²) in [6.07, 6.45) is 0. The fourth-order valence-corrected chi connectivity index (χ4v) is 2.09. The van der Waals surface area contributed by atoms with Crippen LogP contribution in [0, 0.1) is 0 Å². The van der Waals surface area contributed by atoms with Crippen LogP contribution in [-0.4, -0.2) is 31.3 Å². The molecule has 5 nitrogen and oxygen atoms in total. The number of aromatic hydroxyl groups is 1. The Balaban J connectivity index is 2.23. The fraction of sp³-hybridized carbons (Fsp3) is 0.188. The molecule has 2 aromatic rings. The molecule has 0 radical (unpaired) electrons. The van der Waals surface area contributed by atoms with Crippen molar-refractivity contribution >= 4 is 17.5 Å². The summed E-state index contributed by atoms with van der Waals surface area (Å²) in [4.78, 5) is 17.0. The van der Waals surface area contributed by atoms with Gasteiger partial charge in [-0.05, 0) is 23.3 Å². The van der Waals surface area contributed by atoms with Crippen LogP contribution in [0.15, 0.2) is 42.5 Å². The van der Waals surface area contributed by atoms with Gasteiger partial charge in [-0.3, -0.25) is 9.63 Å². The molecule has 6 heteroatoms. The summed E-state index contributed by atoms with van der Waals surface area (Å²) in [5, 5.41) is 10.1. The highest BCUT2D eigenvalue weighted by Crippen LogP contribution is 2.33. The number of carbonyl (C=O) groups is 1. The van der Waals surface area contributed by atoms with E-state index >= 15 is 0 Å². The standard InChI is InChI=1S/C16H16ClNO4/c1-21-7-8-22-18-16(20)13-9-12(10-14(17)15(13)19)11-5-3-2-4-6-11/h2-6,9-10,19H,7-8H2,1H3,(H,18,20). The summed E-state index contributed by atoms with van der Waals surface area (Å²) in [5.41, 5.74) is 3.90. The van der Waals surface area contributed by atoms with Crippen LogP contribution in [0.25, 0.3) is 11.1 Å². The van der Waals surface area contributed by atoms with Crippen molar-refractivity contribution in [1.29, 1.82) is 0 Å². The Morgan fingerprint density at radius 2 is 1.91 bits per heavy atom. The minimum absolute atomic E-state index is 0.0452. The van der Waals surface area contributed by atoms with Gasteiger partial charge in [-0.2, -0.15) is 0 Å². The molecule has 22 heavy (non-hydrogen) atoms. The number of carbonyl (C=O) groups excluding carboxylic acids is 1. The third kappa shape index (κ3) is 3.98. The summed E-state index contributed by atoms with van der Waals surface area (Å²) in [6, 6.07) is 12.6. The van der Waals surface area contributed by atoms with E-state index in [4.69, 9.17) is 21.2 Å². The first-order valence-corrected chi connectivity index (χ1v) is 7.00. The zero-order chi connectivity index (χ0) is 15.9. The molecular weight excluding hydrogens is 306 g/mol. The number of nitrogens with one attached hydrogen (secondary N) is 1. The number of ether oxygens (including phenoxy) is 1. The fourth-order valence-electron chi connectivity index (χ4n) is 1.87. The quantitative estimate of drug-likeness (QED) is 0.634. The van der Waals surface area contributed by atoms with Crippen molar-refractivity contribution in [3.8, 4) is 16.9 Å². The Morgan fingerprint density at radius 3 is 2.59 bits per heavy atom. The average Bonchev–Trinajstić information content (AvgIpc) is 2.54. The average molecular weight is 322 g/mol. The number of hydrogen-bond donors (Lipinski definition) is 2.